The van der Waals surface area contributed by atoms with E-state index in [2.05, 4.69) is 10.6 Å². The summed E-state index contributed by atoms with van der Waals surface area (Å²) in [4.78, 5) is 23.8. The van der Waals surface area contributed by atoms with Gasteiger partial charge in [0, 0.05) is 17.1 Å². The Balaban J connectivity index is 2.31. The van der Waals surface area contributed by atoms with Crippen molar-refractivity contribution < 1.29 is 14.0 Å². The number of hydrogen-bond donors (Lipinski definition) is 3. The number of halogens is 1. The first-order valence-electron chi connectivity index (χ1n) is 5.94. The SMILES string of the molecule is CNC(=O)C(C)NC(=O)c1sc2ccc(F)cc2c1N. The van der Waals surface area contributed by atoms with E-state index in [9.17, 15) is 14.0 Å². The highest BCUT2D eigenvalue weighted by Gasteiger charge is 2.20. The van der Waals surface area contributed by atoms with E-state index in [1.165, 1.54) is 30.5 Å². The van der Waals surface area contributed by atoms with E-state index in [0.717, 1.165) is 4.70 Å². The van der Waals surface area contributed by atoms with Crippen LogP contribution in [0.1, 0.15) is 16.6 Å². The van der Waals surface area contributed by atoms with Crippen LogP contribution < -0.4 is 16.4 Å². The zero-order chi connectivity index (χ0) is 14.9. The lowest BCUT2D eigenvalue weighted by atomic mass is 10.2. The van der Waals surface area contributed by atoms with Gasteiger partial charge in [-0.15, -0.1) is 11.3 Å². The minimum Gasteiger partial charge on any atom is -0.397 e. The Kier molecular flexibility index (Phi) is 3.89. The first-order chi connectivity index (χ1) is 9.43. The zero-order valence-corrected chi connectivity index (χ0v) is 11.8. The third-order valence-electron chi connectivity index (χ3n) is 2.88. The van der Waals surface area contributed by atoms with Crippen LogP contribution in [0.4, 0.5) is 10.1 Å². The number of carbonyl (C=O) groups excluding carboxylic acids is 2. The van der Waals surface area contributed by atoms with Crippen molar-refractivity contribution in [2.75, 3.05) is 12.8 Å². The van der Waals surface area contributed by atoms with E-state index >= 15 is 0 Å². The van der Waals surface area contributed by atoms with Crippen LogP contribution in [0.3, 0.4) is 0 Å². The maximum absolute atomic E-state index is 13.2. The van der Waals surface area contributed by atoms with Crippen molar-refractivity contribution in [2.24, 2.45) is 0 Å². The number of carbonyl (C=O) groups is 2. The molecule has 1 aromatic carbocycles. The highest BCUT2D eigenvalue weighted by molar-refractivity contribution is 7.21. The van der Waals surface area contributed by atoms with E-state index in [0.29, 0.717) is 5.39 Å². The third kappa shape index (κ3) is 2.57. The van der Waals surface area contributed by atoms with Gasteiger partial charge in [-0.25, -0.2) is 4.39 Å². The average molecular weight is 295 g/mol. The Morgan fingerprint density at radius 1 is 1.40 bits per heavy atom. The van der Waals surface area contributed by atoms with Gasteiger partial charge in [0.2, 0.25) is 5.91 Å². The number of nitrogen functional groups attached to an aromatic ring is 1. The van der Waals surface area contributed by atoms with E-state index < -0.39 is 17.8 Å². The molecule has 7 heteroatoms. The van der Waals surface area contributed by atoms with E-state index in [-0.39, 0.29) is 16.5 Å². The highest BCUT2D eigenvalue weighted by atomic mass is 32.1. The van der Waals surface area contributed by atoms with Gasteiger partial charge in [-0.3, -0.25) is 9.59 Å². The molecule has 1 heterocycles. The van der Waals surface area contributed by atoms with Crippen molar-refractivity contribution >= 4 is 38.9 Å². The molecule has 0 fully saturated rings. The summed E-state index contributed by atoms with van der Waals surface area (Å²) in [5, 5.41) is 5.50. The molecule has 1 unspecified atom stereocenters. The number of benzene rings is 1. The standard InChI is InChI=1S/C13H14FN3O2S/c1-6(12(18)16-2)17-13(19)11-10(15)8-5-7(14)3-4-9(8)20-11/h3-6H,15H2,1-2H3,(H,16,18)(H,17,19). The minimum atomic E-state index is -0.672. The van der Waals surface area contributed by atoms with Crippen LogP contribution in [0.15, 0.2) is 18.2 Å². The summed E-state index contributed by atoms with van der Waals surface area (Å²) >= 11 is 1.17. The molecule has 5 nitrogen and oxygen atoms in total. The first-order valence-corrected chi connectivity index (χ1v) is 6.75. The van der Waals surface area contributed by atoms with Crippen molar-refractivity contribution in [1.29, 1.82) is 0 Å². The minimum absolute atomic E-state index is 0.228. The predicted molar refractivity (Wildman–Crippen MR) is 77.2 cm³/mol. The fourth-order valence-corrected chi connectivity index (χ4v) is 2.81. The van der Waals surface area contributed by atoms with Crippen molar-refractivity contribution in [1.82, 2.24) is 10.6 Å². The number of rotatable bonds is 3. The number of likely N-dealkylation sites (N-methyl/N-ethyl adjacent to an activating group) is 1. The Morgan fingerprint density at radius 2 is 2.10 bits per heavy atom. The Morgan fingerprint density at radius 3 is 2.75 bits per heavy atom. The molecule has 106 valence electrons. The smallest absolute Gasteiger partial charge is 0.264 e. The van der Waals surface area contributed by atoms with Gasteiger partial charge in [-0.2, -0.15) is 0 Å². The molecule has 0 saturated heterocycles. The van der Waals surface area contributed by atoms with Gasteiger partial charge < -0.3 is 16.4 Å². The molecule has 0 bridgehead atoms. The molecular weight excluding hydrogens is 281 g/mol. The number of nitrogens with two attached hydrogens (primary N) is 1. The lowest BCUT2D eigenvalue weighted by Crippen LogP contribution is -2.43. The van der Waals surface area contributed by atoms with Crippen molar-refractivity contribution in [3.63, 3.8) is 0 Å². The molecule has 0 saturated carbocycles. The summed E-state index contributed by atoms with van der Waals surface area (Å²) in [7, 11) is 1.49. The predicted octanol–water partition coefficient (Wildman–Crippen LogP) is 1.49. The number of amides is 2. The molecular formula is C13H14FN3O2S. The van der Waals surface area contributed by atoms with E-state index in [1.54, 1.807) is 13.0 Å². The van der Waals surface area contributed by atoms with Crippen LogP contribution in [0, 0.1) is 5.82 Å². The van der Waals surface area contributed by atoms with E-state index in [1.807, 2.05) is 0 Å². The van der Waals surface area contributed by atoms with Crippen molar-refractivity contribution in [3.8, 4) is 0 Å². The number of hydrogen-bond acceptors (Lipinski definition) is 4. The molecule has 2 amide bonds. The van der Waals surface area contributed by atoms with Crippen LogP contribution in [-0.2, 0) is 4.79 Å². The van der Waals surface area contributed by atoms with Gasteiger partial charge in [-0.05, 0) is 25.1 Å². The second kappa shape index (κ2) is 5.46. The van der Waals surface area contributed by atoms with E-state index in [4.69, 9.17) is 5.73 Å². The zero-order valence-electron chi connectivity index (χ0n) is 11.0. The molecule has 0 aliphatic heterocycles. The topological polar surface area (TPSA) is 84.2 Å². The monoisotopic (exact) mass is 295 g/mol. The summed E-state index contributed by atoms with van der Waals surface area (Å²) in [5.74, 6) is -1.16. The summed E-state index contributed by atoms with van der Waals surface area (Å²) in [6.45, 7) is 1.57. The quantitative estimate of drug-likeness (QED) is 0.802. The normalized spacial score (nSPS) is 12.2. The second-order valence-corrected chi connectivity index (χ2v) is 5.35. The summed E-state index contributed by atoms with van der Waals surface area (Å²) in [6, 6.07) is 3.51. The molecule has 2 aromatic rings. The maximum atomic E-state index is 13.2. The Labute approximate surface area is 119 Å². The van der Waals surface area contributed by atoms with Crippen LogP contribution in [0.5, 0.6) is 0 Å². The summed E-state index contributed by atoms with van der Waals surface area (Å²) in [5.41, 5.74) is 6.10. The number of anilines is 1. The summed E-state index contributed by atoms with van der Waals surface area (Å²) < 4.78 is 13.9. The van der Waals surface area contributed by atoms with Gasteiger partial charge in [0.05, 0.1) is 5.69 Å². The third-order valence-corrected chi connectivity index (χ3v) is 4.07. The molecule has 0 aliphatic rings. The van der Waals surface area contributed by atoms with Crippen LogP contribution in [0.25, 0.3) is 10.1 Å². The lowest BCUT2D eigenvalue weighted by molar-refractivity contribution is -0.122. The van der Waals surface area contributed by atoms with Crippen molar-refractivity contribution in [3.05, 3.63) is 28.9 Å². The Bertz CT molecular complexity index is 684. The molecule has 2 rings (SSSR count). The largest absolute Gasteiger partial charge is 0.397 e. The summed E-state index contributed by atoms with van der Waals surface area (Å²) in [6.07, 6.45) is 0. The van der Waals surface area contributed by atoms with Crippen LogP contribution >= 0.6 is 11.3 Å². The van der Waals surface area contributed by atoms with Gasteiger partial charge in [0.1, 0.15) is 16.7 Å². The number of thiophene rings is 1. The molecule has 20 heavy (non-hydrogen) atoms. The van der Waals surface area contributed by atoms with Gasteiger partial charge in [-0.1, -0.05) is 0 Å². The Hall–Kier alpha value is -2.15. The molecule has 0 spiro atoms. The number of nitrogens with one attached hydrogen (secondary N) is 2. The maximum Gasteiger partial charge on any atom is 0.264 e. The van der Waals surface area contributed by atoms with Crippen LogP contribution in [0.2, 0.25) is 0 Å². The van der Waals surface area contributed by atoms with Gasteiger partial charge >= 0.3 is 0 Å². The number of fused-ring (bicyclic) bond motifs is 1. The molecule has 0 radical (unpaired) electrons. The molecule has 1 atom stereocenters. The van der Waals surface area contributed by atoms with Crippen LogP contribution in [-0.4, -0.2) is 24.9 Å². The first kappa shape index (κ1) is 14.3. The highest BCUT2D eigenvalue weighted by Crippen LogP contribution is 2.33. The average Bonchev–Trinajstić information content (AvgIpc) is 2.75. The molecule has 1 aromatic heterocycles. The van der Waals surface area contributed by atoms with Crippen molar-refractivity contribution in [2.45, 2.75) is 13.0 Å². The van der Waals surface area contributed by atoms with Gasteiger partial charge in [0.15, 0.2) is 0 Å². The second-order valence-electron chi connectivity index (χ2n) is 4.29. The fourth-order valence-electron chi connectivity index (χ4n) is 1.80. The lowest BCUT2D eigenvalue weighted by Gasteiger charge is -2.11. The molecule has 0 aliphatic carbocycles. The molecule has 4 N–H and O–H groups in total. The van der Waals surface area contributed by atoms with Gasteiger partial charge in [0.25, 0.3) is 5.91 Å². The fraction of sp³-hybridized carbons (Fsp3) is 0.231.